The van der Waals surface area contributed by atoms with Crippen molar-refractivity contribution in [2.75, 3.05) is 11.1 Å². The summed E-state index contributed by atoms with van der Waals surface area (Å²) in [4.78, 5) is 4.34. The Morgan fingerprint density at radius 1 is 1.40 bits per heavy atom. The Labute approximate surface area is 122 Å². The van der Waals surface area contributed by atoms with Crippen LogP contribution in [-0.2, 0) is 0 Å². The van der Waals surface area contributed by atoms with E-state index in [0.29, 0.717) is 18.4 Å². The lowest BCUT2D eigenvalue weighted by Gasteiger charge is -2.29. The summed E-state index contributed by atoms with van der Waals surface area (Å²) >= 11 is 1.68. The summed E-state index contributed by atoms with van der Waals surface area (Å²) in [6.07, 6.45) is 6.91. The molecule has 0 atom stereocenters. The first kappa shape index (κ1) is 13.2. The molecule has 2 aromatic rings. The first-order chi connectivity index (χ1) is 9.78. The van der Waals surface area contributed by atoms with Gasteiger partial charge in [0.1, 0.15) is 0 Å². The Morgan fingerprint density at radius 2 is 2.20 bits per heavy atom. The van der Waals surface area contributed by atoms with Gasteiger partial charge in [-0.3, -0.25) is 4.98 Å². The molecule has 0 unspecified atom stereocenters. The monoisotopic (exact) mass is 286 g/mol. The van der Waals surface area contributed by atoms with E-state index in [2.05, 4.69) is 16.4 Å². The smallest absolute Gasteiger partial charge is 0.0832 e. The van der Waals surface area contributed by atoms with Gasteiger partial charge in [-0.05, 0) is 43.0 Å². The Balaban J connectivity index is 1.73. The van der Waals surface area contributed by atoms with Crippen molar-refractivity contribution in [1.82, 2.24) is 4.98 Å². The molecule has 0 spiro atoms. The number of thiophene rings is 1. The van der Waals surface area contributed by atoms with Crippen LogP contribution in [0.15, 0.2) is 17.6 Å². The van der Waals surface area contributed by atoms with Crippen LogP contribution in [0.3, 0.4) is 0 Å². The zero-order valence-electron chi connectivity index (χ0n) is 11.3. The maximum atomic E-state index is 8.76. The van der Waals surface area contributed by atoms with Gasteiger partial charge in [-0.25, -0.2) is 0 Å². The van der Waals surface area contributed by atoms with Crippen LogP contribution in [0.4, 0.5) is 11.4 Å². The highest BCUT2D eigenvalue weighted by Gasteiger charge is 2.22. The van der Waals surface area contributed by atoms with Crippen LogP contribution < -0.4 is 11.1 Å². The van der Waals surface area contributed by atoms with E-state index < -0.39 is 0 Å². The molecule has 3 N–H and O–H groups in total. The molecule has 0 aliphatic heterocycles. The van der Waals surface area contributed by atoms with Gasteiger partial charge in [0.25, 0.3) is 0 Å². The molecule has 0 aromatic carbocycles. The number of rotatable bonds is 3. The number of anilines is 2. The predicted molar refractivity (Wildman–Crippen MR) is 83.6 cm³/mol. The third-order valence-electron chi connectivity index (χ3n) is 4.08. The fraction of sp³-hybridized carbons (Fsp3) is 0.467. The Hall–Kier alpha value is -1.80. The van der Waals surface area contributed by atoms with Crippen LogP contribution in [0.2, 0.25) is 0 Å². The molecule has 2 aromatic heterocycles. The van der Waals surface area contributed by atoms with Gasteiger partial charge >= 0.3 is 0 Å². The van der Waals surface area contributed by atoms with Crippen molar-refractivity contribution >= 4 is 32.9 Å². The molecule has 20 heavy (non-hydrogen) atoms. The second-order valence-electron chi connectivity index (χ2n) is 5.45. The number of nitrogens with two attached hydrogens (primary N) is 1. The van der Waals surface area contributed by atoms with Gasteiger partial charge in [0, 0.05) is 12.5 Å². The zero-order chi connectivity index (χ0) is 13.9. The molecule has 2 heterocycles. The highest BCUT2D eigenvalue weighted by atomic mass is 32.1. The van der Waals surface area contributed by atoms with E-state index in [1.807, 2.05) is 11.4 Å². The maximum absolute atomic E-state index is 8.76. The first-order valence-corrected chi connectivity index (χ1v) is 7.91. The number of nitrogen functional groups attached to an aromatic ring is 1. The fourth-order valence-corrected chi connectivity index (χ4v) is 3.79. The van der Waals surface area contributed by atoms with Gasteiger partial charge in [0.15, 0.2) is 0 Å². The van der Waals surface area contributed by atoms with E-state index in [1.165, 1.54) is 0 Å². The average molecular weight is 286 g/mol. The van der Waals surface area contributed by atoms with Crippen LogP contribution in [-0.4, -0.2) is 11.0 Å². The van der Waals surface area contributed by atoms with Crippen molar-refractivity contribution in [3.63, 3.8) is 0 Å². The standard InChI is InChI=1S/C15H18N4S/c16-7-5-10-1-3-11(4-2-10)19-14-12(17)9-18-13-6-8-20-15(13)14/h6,8-11H,1-5,17H2,(H,18,19). The normalized spacial score (nSPS) is 22.6. The number of nitriles is 1. The average Bonchev–Trinajstić information content (AvgIpc) is 2.93. The van der Waals surface area contributed by atoms with Crippen molar-refractivity contribution in [3.8, 4) is 6.07 Å². The third kappa shape index (κ3) is 2.56. The SMILES string of the molecule is N#CCC1CCC(Nc2c(N)cnc3ccsc23)CC1. The summed E-state index contributed by atoms with van der Waals surface area (Å²) < 4.78 is 1.14. The van der Waals surface area contributed by atoms with Crippen molar-refractivity contribution in [1.29, 1.82) is 5.26 Å². The van der Waals surface area contributed by atoms with Crippen LogP contribution in [0.5, 0.6) is 0 Å². The molecule has 0 amide bonds. The summed E-state index contributed by atoms with van der Waals surface area (Å²) in [6, 6.07) is 4.77. The highest BCUT2D eigenvalue weighted by Crippen LogP contribution is 2.35. The molecule has 1 saturated carbocycles. The maximum Gasteiger partial charge on any atom is 0.0832 e. The lowest BCUT2D eigenvalue weighted by molar-refractivity contribution is 0.343. The van der Waals surface area contributed by atoms with Crippen molar-refractivity contribution < 1.29 is 0 Å². The largest absolute Gasteiger partial charge is 0.396 e. The van der Waals surface area contributed by atoms with E-state index in [0.717, 1.165) is 47.3 Å². The quantitative estimate of drug-likeness (QED) is 0.900. The Bertz CT molecular complexity index is 635. The van der Waals surface area contributed by atoms with Crippen molar-refractivity contribution in [3.05, 3.63) is 17.6 Å². The van der Waals surface area contributed by atoms with Gasteiger partial charge in [0.2, 0.25) is 0 Å². The number of nitrogens with zero attached hydrogens (tertiary/aromatic N) is 2. The van der Waals surface area contributed by atoms with Crippen molar-refractivity contribution in [2.24, 2.45) is 5.92 Å². The van der Waals surface area contributed by atoms with Gasteiger partial charge in [-0.2, -0.15) is 5.26 Å². The summed E-state index contributed by atoms with van der Waals surface area (Å²) in [6.45, 7) is 0. The van der Waals surface area contributed by atoms with E-state index >= 15 is 0 Å². The molecule has 0 saturated heterocycles. The highest BCUT2D eigenvalue weighted by molar-refractivity contribution is 7.17. The molecule has 1 aliphatic rings. The number of pyridine rings is 1. The van der Waals surface area contributed by atoms with E-state index in [1.54, 1.807) is 17.5 Å². The van der Waals surface area contributed by atoms with Gasteiger partial charge in [-0.15, -0.1) is 11.3 Å². The van der Waals surface area contributed by atoms with Crippen LogP contribution in [0.1, 0.15) is 32.1 Å². The van der Waals surface area contributed by atoms with Crippen LogP contribution >= 0.6 is 11.3 Å². The fourth-order valence-electron chi connectivity index (χ4n) is 2.92. The van der Waals surface area contributed by atoms with E-state index in [4.69, 9.17) is 11.0 Å². The van der Waals surface area contributed by atoms with Crippen LogP contribution in [0, 0.1) is 17.2 Å². The molecule has 1 fully saturated rings. The molecule has 3 rings (SSSR count). The summed E-state index contributed by atoms with van der Waals surface area (Å²) in [5.41, 5.74) is 8.84. The molecule has 1 aliphatic carbocycles. The lowest BCUT2D eigenvalue weighted by atomic mass is 9.84. The van der Waals surface area contributed by atoms with Crippen LogP contribution in [0.25, 0.3) is 10.2 Å². The molecule has 4 nitrogen and oxygen atoms in total. The topological polar surface area (TPSA) is 74.7 Å². The Kier molecular flexibility index (Phi) is 3.75. The minimum absolute atomic E-state index is 0.458. The predicted octanol–water partition coefficient (Wildman–Crippen LogP) is 3.76. The molecular formula is C15H18N4S. The molecule has 104 valence electrons. The molecular weight excluding hydrogens is 268 g/mol. The number of fused-ring (bicyclic) bond motifs is 1. The van der Waals surface area contributed by atoms with Crippen molar-refractivity contribution in [2.45, 2.75) is 38.1 Å². The van der Waals surface area contributed by atoms with Gasteiger partial charge in [0.05, 0.1) is 33.9 Å². The first-order valence-electron chi connectivity index (χ1n) is 7.03. The zero-order valence-corrected chi connectivity index (χ0v) is 12.1. The van der Waals surface area contributed by atoms with E-state index in [9.17, 15) is 0 Å². The van der Waals surface area contributed by atoms with Gasteiger partial charge < -0.3 is 11.1 Å². The number of hydrogen-bond donors (Lipinski definition) is 2. The Morgan fingerprint density at radius 3 is 2.95 bits per heavy atom. The minimum Gasteiger partial charge on any atom is -0.396 e. The van der Waals surface area contributed by atoms with Gasteiger partial charge in [-0.1, -0.05) is 0 Å². The number of hydrogen-bond acceptors (Lipinski definition) is 5. The third-order valence-corrected chi connectivity index (χ3v) is 5.00. The molecule has 0 radical (unpaired) electrons. The molecule has 5 heteroatoms. The minimum atomic E-state index is 0.458. The number of nitrogens with one attached hydrogen (secondary N) is 1. The second-order valence-corrected chi connectivity index (χ2v) is 6.36. The second kappa shape index (κ2) is 5.68. The number of aromatic nitrogens is 1. The van der Waals surface area contributed by atoms with E-state index in [-0.39, 0.29) is 0 Å². The summed E-state index contributed by atoms with van der Waals surface area (Å²) in [7, 11) is 0. The lowest BCUT2D eigenvalue weighted by Crippen LogP contribution is -2.26. The molecule has 0 bridgehead atoms. The summed E-state index contributed by atoms with van der Waals surface area (Å²) in [5.74, 6) is 0.578. The summed E-state index contributed by atoms with van der Waals surface area (Å²) in [5, 5.41) is 14.4.